The maximum Gasteiger partial charge on any atom is 0.0108 e. The molecule has 1 fully saturated rings. The molecule has 1 saturated heterocycles. The van der Waals surface area contributed by atoms with E-state index < -0.39 is 0 Å². The van der Waals surface area contributed by atoms with Gasteiger partial charge in [-0.05, 0) is 6.42 Å². The first-order valence-corrected chi connectivity index (χ1v) is 2.83. The van der Waals surface area contributed by atoms with Crippen LogP contribution in [0, 0.1) is 5.92 Å². The van der Waals surface area contributed by atoms with Crippen LogP contribution in [-0.2, 0) is 0 Å². The van der Waals surface area contributed by atoms with Crippen molar-refractivity contribution in [2.75, 3.05) is 0 Å². The van der Waals surface area contributed by atoms with Crippen LogP contribution in [0.3, 0.4) is 0 Å². The standard InChI is InChI=1S/C7H11N/c1-5-4-6(2)8-7(5)3/h5,8H,2-4H2,1H3. The summed E-state index contributed by atoms with van der Waals surface area (Å²) in [5.41, 5.74) is 2.21. The molecule has 1 heteroatoms. The molecule has 0 aromatic carbocycles. The summed E-state index contributed by atoms with van der Waals surface area (Å²) in [6, 6.07) is 0. The lowest BCUT2D eigenvalue weighted by Crippen LogP contribution is -2.01. The predicted octanol–water partition coefficient (Wildman–Crippen LogP) is 1.64. The van der Waals surface area contributed by atoms with E-state index in [0.29, 0.717) is 5.92 Å². The summed E-state index contributed by atoms with van der Waals surface area (Å²) in [7, 11) is 0. The minimum atomic E-state index is 0.586. The summed E-state index contributed by atoms with van der Waals surface area (Å²) in [5, 5.41) is 3.08. The monoisotopic (exact) mass is 109 g/mol. The van der Waals surface area contributed by atoms with Crippen LogP contribution >= 0.6 is 0 Å². The van der Waals surface area contributed by atoms with E-state index in [9.17, 15) is 0 Å². The Hall–Kier alpha value is -0.720. The molecule has 0 amide bonds. The van der Waals surface area contributed by atoms with E-state index in [1.54, 1.807) is 0 Å². The molecule has 1 atom stereocenters. The second-order valence-electron chi connectivity index (χ2n) is 2.36. The first-order valence-electron chi connectivity index (χ1n) is 2.83. The summed E-state index contributed by atoms with van der Waals surface area (Å²) in [4.78, 5) is 0. The molecule has 0 aromatic rings. The topological polar surface area (TPSA) is 12.0 Å². The van der Waals surface area contributed by atoms with E-state index in [0.717, 1.165) is 17.8 Å². The van der Waals surface area contributed by atoms with Gasteiger partial charge in [-0.1, -0.05) is 20.1 Å². The number of hydrogen-bond donors (Lipinski definition) is 1. The van der Waals surface area contributed by atoms with Crippen molar-refractivity contribution >= 4 is 0 Å². The average Bonchev–Trinajstić information content (AvgIpc) is 1.85. The Balaban J connectivity index is 2.64. The molecule has 1 N–H and O–H groups in total. The lowest BCUT2D eigenvalue weighted by atomic mass is 10.1. The van der Waals surface area contributed by atoms with Crippen molar-refractivity contribution in [1.29, 1.82) is 0 Å². The molecule has 1 heterocycles. The van der Waals surface area contributed by atoms with Gasteiger partial charge in [0.15, 0.2) is 0 Å². The van der Waals surface area contributed by atoms with E-state index >= 15 is 0 Å². The van der Waals surface area contributed by atoms with Gasteiger partial charge < -0.3 is 5.32 Å². The molecule has 0 spiro atoms. The Morgan fingerprint density at radius 3 is 2.38 bits per heavy atom. The molecule has 1 aliphatic heterocycles. The first kappa shape index (κ1) is 5.42. The molecule has 0 bridgehead atoms. The SMILES string of the molecule is C=C1CC(C)C(=C)N1. The highest BCUT2D eigenvalue weighted by atomic mass is 14.9. The minimum Gasteiger partial charge on any atom is -0.363 e. The molecule has 0 aliphatic carbocycles. The Kier molecular flexibility index (Phi) is 1.12. The lowest BCUT2D eigenvalue weighted by Gasteiger charge is -1.97. The molecular formula is C7H11N. The zero-order valence-electron chi connectivity index (χ0n) is 5.20. The van der Waals surface area contributed by atoms with Gasteiger partial charge >= 0.3 is 0 Å². The third-order valence-corrected chi connectivity index (χ3v) is 1.48. The van der Waals surface area contributed by atoms with Crippen LogP contribution in [0.1, 0.15) is 13.3 Å². The van der Waals surface area contributed by atoms with Gasteiger partial charge in [-0.15, -0.1) is 0 Å². The van der Waals surface area contributed by atoms with Gasteiger partial charge in [0.05, 0.1) is 0 Å². The van der Waals surface area contributed by atoms with Crippen LogP contribution in [0.15, 0.2) is 24.6 Å². The van der Waals surface area contributed by atoms with Crippen LogP contribution in [-0.4, -0.2) is 0 Å². The molecule has 1 unspecified atom stereocenters. The van der Waals surface area contributed by atoms with Crippen molar-refractivity contribution in [1.82, 2.24) is 5.32 Å². The molecule has 0 aromatic heterocycles. The summed E-state index contributed by atoms with van der Waals surface area (Å²) in [6.07, 6.45) is 1.05. The molecule has 8 heavy (non-hydrogen) atoms. The van der Waals surface area contributed by atoms with Crippen molar-refractivity contribution < 1.29 is 0 Å². The van der Waals surface area contributed by atoms with Crippen LogP contribution < -0.4 is 5.32 Å². The minimum absolute atomic E-state index is 0.586. The van der Waals surface area contributed by atoms with E-state index in [-0.39, 0.29) is 0 Å². The Morgan fingerprint density at radius 2 is 2.25 bits per heavy atom. The highest BCUT2D eigenvalue weighted by Crippen LogP contribution is 2.22. The van der Waals surface area contributed by atoms with E-state index in [1.165, 1.54) is 0 Å². The van der Waals surface area contributed by atoms with Gasteiger partial charge in [0.25, 0.3) is 0 Å². The lowest BCUT2D eigenvalue weighted by molar-refractivity contribution is 0.738. The Labute approximate surface area is 50.1 Å². The Bertz CT molecular complexity index is 135. The quantitative estimate of drug-likeness (QED) is 0.498. The smallest absolute Gasteiger partial charge is 0.0108 e. The Morgan fingerprint density at radius 1 is 1.62 bits per heavy atom. The highest BCUT2D eigenvalue weighted by molar-refractivity contribution is 5.16. The van der Waals surface area contributed by atoms with Crippen molar-refractivity contribution in [3.05, 3.63) is 24.6 Å². The summed E-state index contributed by atoms with van der Waals surface area (Å²) >= 11 is 0. The molecule has 0 saturated carbocycles. The molecular weight excluding hydrogens is 98.1 g/mol. The van der Waals surface area contributed by atoms with Crippen molar-refractivity contribution in [2.45, 2.75) is 13.3 Å². The van der Waals surface area contributed by atoms with Crippen LogP contribution in [0.5, 0.6) is 0 Å². The number of allylic oxidation sites excluding steroid dienone is 2. The molecule has 44 valence electrons. The van der Waals surface area contributed by atoms with E-state index in [2.05, 4.69) is 25.4 Å². The van der Waals surface area contributed by atoms with Crippen molar-refractivity contribution in [2.24, 2.45) is 5.92 Å². The first-order chi connectivity index (χ1) is 3.70. The molecule has 1 rings (SSSR count). The van der Waals surface area contributed by atoms with Gasteiger partial charge in [-0.2, -0.15) is 0 Å². The second-order valence-corrected chi connectivity index (χ2v) is 2.36. The number of hydrogen-bond acceptors (Lipinski definition) is 1. The van der Waals surface area contributed by atoms with Gasteiger partial charge in [0.1, 0.15) is 0 Å². The van der Waals surface area contributed by atoms with E-state index in [1.807, 2.05) is 0 Å². The molecule has 1 nitrogen and oxygen atoms in total. The number of nitrogens with one attached hydrogen (secondary N) is 1. The van der Waals surface area contributed by atoms with Gasteiger partial charge in [-0.25, -0.2) is 0 Å². The third kappa shape index (κ3) is 0.760. The molecule has 0 radical (unpaired) electrons. The summed E-state index contributed by atoms with van der Waals surface area (Å²) < 4.78 is 0. The number of rotatable bonds is 0. The zero-order valence-corrected chi connectivity index (χ0v) is 5.20. The maximum absolute atomic E-state index is 3.81. The average molecular weight is 109 g/mol. The zero-order chi connectivity index (χ0) is 6.15. The molecule has 1 aliphatic rings. The largest absolute Gasteiger partial charge is 0.363 e. The fraction of sp³-hybridized carbons (Fsp3) is 0.429. The van der Waals surface area contributed by atoms with Crippen molar-refractivity contribution in [3.63, 3.8) is 0 Å². The fourth-order valence-corrected chi connectivity index (χ4v) is 0.894. The third-order valence-electron chi connectivity index (χ3n) is 1.48. The summed E-state index contributed by atoms with van der Waals surface area (Å²) in [6.45, 7) is 9.74. The van der Waals surface area contributed by atoms with Crippen LogP contribution in [0.25, 0.3) is 0 Å². The van der Waals surface area contributed by atoms with Gasteiger partial charge in [0.2, 0.25) is 0 Å². The predicted molar refractivity (Wildman–Crippen MR) is 35.2 cm³/mol. The second kappa shape index (κ2) is 1.66. The van der Waals surface area contributed by atoms with Gasteiger partial charge in [-0.3, -0.25) is 0 Å². The maximum atomic E-state index is 3.81. The van der Waals surface area contributed by atoms with Gasteiger partial charge in [0, 0.05) is 17.3 Å². The van der Waals surface area contributed by atoms with Crippen LogP contribution in [0.4, 0.5) is 0 Å². The fourth-order valence-electron chi connectivity index (χ4n) is 0.894. The highest BCUT2D eigenvalue weighted by Gasteiger charge is 2.15. The summed E-state index contributed by atoms with van der Waals surface area (Å²) in [5.74, 6) is 0.586. The van der Waals surface area contributed by atoms with E-state index in [4.69, 9.17) is 0 Å². The van der Waals surface area contributed by atoms with Crippen LogP contribution in [0.2, 0.25) is 0 Å². The van der Waals surface area contributed by atoms with Crippen molar-refractivity contribution in [3.8, 4) is 0 Å². The normalized spacial score (nSPS) is 28.4.